The van der Waals surface area contributed by atoms with Gasteiger partial charge in [-0.15, -0.1) is 0 Å². The van der Waals surface area contributed by atoms with E-state index in [-0.39, 0.29) is 16.7 Å². The van der Waals surface area contributed by atoms with Crippen molar-refractivity contribution in [1.82, 2.24) is 15.0 Å². The fourth-order valence-electron chi connectivity index (χ4n) is 1.19. The van der Waals surface area contributed by atoms with Gasteiger partial charge < -0.3 is 11.1 Å². The zero-order chi connectivity index (χ0) is 12.3. The van der Waals surface area contributed by atoms with Crippen LogP contribution in [0.5, 0.6) is 0 Å². The fourth-order valence-corrected chi connectivity index (χ4v) is 1.33. The SMILES string of the molecule is NC(=O)c1ncc(Cl)nc1Nc1ccccn1. The molecule has 2 aromatic rings. The van der Waals surface area contributed by atoms with E-state index < -0.39 is 5.91 Å². The molecule has 0 bridgehead atoms. The number of halogens is 1. The Balaban J connectivity index is 2.37. The lowest BCUT2D eigenvalue weighted by Crippen LogP contribution is -2.16. The lowest BCUT2D eigenvalue weighted by molar-refractivity contribution is 0.0996. The molecule has 0 aliphatic carbocycles. The molecular formula is C10H8ClN5O. The van der Waals surface area contributed by atoms with E-state index in [1.165, 1.54) is 6.20 Å². The van der Waals surface area contributed by atoms with E-state index in [1.54, 1.807) is 24.4 Å². The van der Waals surface area contributed by atoms with E-state index in [4.69, 9.17) is 17.3 Å². The van der Waals surface area contributed by atoms with Gasteiger partial charge in [0.05, 0.1) is 6.20 Å². The first kappa shape index (κ1) is 11.3. The average Bonchev–Trinajstić information content (AvgIpc) is 2.30. The number of anilines is 2. The molecule has 0 aliphatic heterocycles. The minimum Gasteiger partial charge on any atom is -0.364 e. The zero-order valence-corrected chi connectivity index (χ0v) is 9.35. The van der Waals surface area contributed by atoms with Gasteiger partial charge in [0.15, 0.2) is 11.5 Å². The number of nitrogens with zero attached hydrogens (tertiary/aromatic N) is 3. The third kappa shape index (κ3) is 2.67. The predicted molar refractivity (Wildman–Crippen MR) is 63.1 cm³/mol. The maximum atomic E-state index is 11.1. The van der Waals surface area contributed by atoms with Crippen LogP contribution in [-0.2, 0) is 0 Å². The highest BCUT2D eigenvalue weighted by molar-refractivity contribution is 6.29. The Morgan fingerprint density at radius 3 is 2.82 bits per heavy atom. The second-order valence-electron chi connectivity index (χ2n) is 3.09. The standard InChI is InChI=1S/C10H8ClN5O/c11-6-5-14-8(9(12)17)10(15-6)16-7-3-1-2-4-13-7/h1-5H,(H2,12,17)(H,13,15,16). The number of nitrogens with one attached hydrogen (secondary N) is 1. The highest BCUT2D eigenvalue weighted by atomic mass is 35.5. The summed E-state index contributed by atoms with van der Waals surface area (Å²) in [5.41, 5.74) is 5.19. The molecule has 7 heteroatoms. The second kappa shape index (κ2) is 4.75. The van der Waals surface area contributed by atoms with Crippen molar-refractivity contribution in [2.24, 2.45) is 5.73 Å². The van der Waals surface area contributed by atoms with Gasteiger partial charge in [-0.05, 0) is 12.1 Å². The topological polar surface area (TPSA) is 93.8 Å². The number of rotatable bonds is 3. The lowest BCUT2D eigenvalue weighted by atomic mass is 10.3. The van der Waals surface area contributed by atoms with Crippen LogP contribution in [0.3, 0.4) is 0 Å². The smallest absolute Gasteiger partial charge is 0.271 e. The summed E-state index contributed by atoms with van der Waals surface area (Å²) < 4.78 is 0. The molecule has 0 aromatic carbocycles. The summed E-state index contributed by atoms with van der Waals surface area (Å²) in [7, 11) is 0. The van der Waals surface area contributed by atoms with E-state index in [9.17, 15) is 4.79 Å². The van der Waals surface area contributed by atoms with Crippen LogP contribution in [0.15, 0.2) is 30.6 Å². The highest BCUT2D eigenvalue weighted by Crippen LogP contribution is 2.17. The van der Waals surface area contributed by atoms with Crippen LogP contribution in [0.1, 0.15) is 10.5 Å². The van der Waals surface area contributed by atoms with Crippen molar-refractivity contribution in [3.05, 3.63) is 41.4 Å². The monoisotopic (exact) mass is 249 g/mol. The molecule has 1 amide bonds. The normalized spacial score (nSPS) is 9.94. The number of primary amides is 1. The van der Waals surface area contributed by atoms with Gasteiger partial charge in [0.1, 0.15) is 11.0 Å². The first-order valence-electron chi connectivity index (χ1n) is 4.67. The third-order valence-corrected chi connectivity index (χ3v) is 2.07. The minimum atomic E-state index is -0.687. The van der Waals surface area contributed by atoms with Gasteiger partial charge in [-0.2, -0.15) is 0 Å². The zero-order valence-electron chi connectivity index (χ0n) is 8.59. The summed E-state index contributed by atoms with van der Waals surface area (Å²) in [6, 6.07) is 5.27. The number of carbonyl (C=O) groups is 1. The van der Waals surface area contributed by atoms with Crippen LogP contribution < -0.4 is 11.1 Å². The first-order chi connectivity index (χ1) is 8.16. The molecule has 2 rings (SSSR count). The van der Waals surface area contributed by atoms with E-state index in [1.807, 2.05) is 0 Å². The van der Waals surface area contributed by atoms with Crippen molar-refractivity contribution in [1.29, 1.82) is 0 Å². The van der Waals surface area contributed by atoms with Gasteiger partial charge in [-0.3, -0.25) is 4.79 Å². The van der Waals surface area contributed by atoms with Crippen LogP contribution in [0.25, 0.3) is 0 Å². The Bertz CT molecular complexity index is 546. The van der Waals surface area contributed by atoms with Gasteiger partial charge in [0, 0.05) is 6.20 Å². The molecule has 0 radical (unpaired) electrons. The van der Waals surface area contributed by atoms with Crippen LogP contribution >= 0.6 is 11.6 Å². The Labute approximate surface area is 102 Å². The van der Waals surface area contributed by atoms with E-state index in [2.05, 4.69) is 20.3 Å². The number of pyridine rings is 1. The summed E-state index contributed by atoms with van der Waals surface area (Å²) in [5.74, 6) is 0.0165. The van der Waals surface area contributed by atoms with Gasteiger partial charge >= 0.3 is 0 Å². The Hall–Kier alpha value is -2.21. The molecule has 0 fully saturated rings. The summed E-state index contributed by atoms with van der Waals surface area (Å²) in [5, 5.41) is 2.99. The molecule has 3 N–H and O–H groups in total. The number of carbonyl (C=O) groups excluding carboxylic acids is 1. The highest BCUT2D eigenvalue weighted by Gasteiger charge is 2.12. The van der Waals surface area contributed by atoms with Crippen molar-refractivity contribution in [3.8, 4) is 0 Å². The molecule has 6 nitrogen and oxygen atoms in total. The van der Waals surface area contributed by atoms with Crippen molar-refractivity contribution in [2.45, 2.75) is 0 Å². The quantitative estimate of drug-likeness (QED) is 0.857. The van der Waals surface area contributed by atoms with Crippen molar-refractivity contribution < 1.29 is 4.79 Å². The number of nitrogens with two attached hydrogens (primary N) is 1. The van der Waals surface area contributed by atoms with Gasteiger partial charge in [-0.25, -0.2) is 15.0 Å². The van der Waals surface area contributed by atoms with Gasteiger partial charge in [0.25, 0.3) is 5.91 Å². The molecular weight excluding hydrogens is 242 g/mol. The predicted octanol–water partition coefficient (Wildman–Crippen LogP) is 1.37. The molecule has 0 aliphatic rings. The Morgan fingerprint density at radius 2 is 2.18 bits per heavy atom. The molecule has 0 saturated heterocycles. The third-order valence-electron chi connectivity index (χ3n) is 1.89. The second-order valence-corrected chi connectivity index (χ2v) is 3.48. The molecule has 0 atom stereocenters. The summed E-state index contributed by atoms with van der Waals surface area (Å²) >= 11 is 5.70. The van der Waals surface area contributed by atoms with Crippen molar-refractivity contribution >= 4 is 29.1 Å². The van der Waals surface area contributed by atoms with Gasteiger partial charge in [0.2, 0.25) is 0 Å². The van der Waals surface area contributed by atoms with Crippen LogP contribution in [0.4, 0.5) is 11.6 Å². The lowest BCUT2D eigenvalue weighted by Gasteiger charge is -2.07. The van der Waals surface area contributed by atoms with Crippen LogP contribution in [0.2, 0.25) is 5.15 Å². The molecule has 0 saturated carbocycles. The van der Waals surface area contributed by atoms with E-state index >= 15 is 0 Å². The Morgan fingerprint density at radius 1 is 1.35 bits per heavy atom. The van der Waals surface area contributed by atoms with Crippen LogP contribution in [0, 0.1) is 0 Å². The molecule has 17 heavy (non-hydrogen) atoms. The van der Waals surface area contributed by atoms with Crippen LogP contribution in [-0.4, -0.2) is 20.9 Å². The summed E-state index contributed by atoms with van der Waals surface area (Å²) in [6.45, 7) is 0. The summed E-state index contributed by atoms with van der Waals surface area (Å²) in [4.78, 5) is 22.9. The molecule has 0 spiro atoms. The molecule has 2 heterocycles. The number of amides is 1. The molecule has 2 aromatic heterocycles. The van der Waals surface area contributed by atoms with Crippen molar-refractivity contribution in [3.63, 3.8) is 0 Å². The molecule has 0 unspecified atom stereocenters. The largest absolute Gasteiger partial charge is 0.364 e. The number of hydrogen-bond acceptors (Lipinski definition) is 5. The number of aromatic nitrogens is 3. The fraction of sp³-hybridized carbons (Fsp3) is 0. The van der Waals surface area contributed by atoms with E-state index in [0.29, 0.717) is 5.82 Å². The van der Waals surface area contributed by atoms with Gasteiger partial charge in [-0.1, -0.05) is 17.7 Å². The maximum Gasteiger partial charge on any atom is 0.271 e. The number of hydrogen-bond donors (Lipinski definition) is 2. The van der Waals surface area contributed by atoms with E-state index in [0.717, 1.165) is 0 Å². The summed E-state index contributed by atoms with van der Waals surface area (Å²) in [6.07, 6.45) is 2.86. The maximum absolute atomic E-state index is 11.1. The Kier molecular flexibility index (Phi) is 3.15. The van der Waals surface area contributed by atoms with Crippen molar-refractivity contribution in [2.75, 3.05) is 5.32 Å². The molecule has 86 valence electrons. The minimum absolute atomic E-state index is 0.0139. The average molecular weight is 250 g/mol. The first-order valence-corrected chi connectivity index (χ1v) is 5.05.